The Labute approximate surface area is 118 Å². The second kappa shape index (κ2) is 10.2. The maximum Gasteiger partial charge on any atom is 0.238 e. The number of carbonyl (C=O) groups excluding carboxylic acids is 1. The number of hydrogen-bond acceptors (Lipinski definition) is 4. The van der Waals surface area contributed by atoms with E-state index in [1.54, 1.807) is 18.9 Å². The smallest absolute Gasteiger partial charge is 0.238 e. The predicted molar refractivity (Wildman–Crippen MR) is 78.8 cm³/mol. The number of thioether (sulfide) groups is 1. The van der Waals surface area contributed by atoms with Crippen LogP contribution in [0.1, 0.15) is 0 Å². The van der Waals surface area contributed by atoms with E-state index in [0.29, 0.717) is 19.7 Å². The number of methoxy groups -OCH3 is 1. The Bertz CT molecular complexity index is 346. The van der Waals surface area contributed by atoms with Crippen LogP contribution in [-0.2, 0) is 9.53 Å². The molecule has 6 heteroatoms. The molecule has 0 bridgehead atoms. The zero-order valence-electron chi connectivity index (χ0n) is 10.6. The van der Waals surface area contributed by atoms with E-state index in [2.05, 4.69) is 10.6 Å². The van der Waals surface area contributed by atoms with Gasteiger partial charge >= 0.3 is 0 Å². The van der Waals surface area contributed by atoms with Gasteiger partial charge in [-0.3, -0.25) is 4.79 Å². The number of carbonyl (C=O) groups is 1. The Balaban J connectivity index is 0.00000289. The van der Waals surface area contributed by atoms with Gasteiger partial charge in [0.2, 0.25) is 5.91 Å². The van der Waals surface area contributed by atoms with Crippen LogP contribution < -0.4 is 10.6 Å². The first-order valence-corrected chi connectivity index (χ1v) is 6.62. The Morgan fingerprint density at radius 3 is 2.56 bits per heavy atom. The van der Waals surface area contributed by atoms with Crippen molar-refractivity contribution in [3.8, 4) is 0 Å². The number of rotatable bonds is 7. The monoisotopic (exact) mass is 290 g/mol. The molecule has 1 aromatic carbocycles. The van der Waals surface area contributed by atoms with Crippen molar-refractivity contribution in [2.24, 2.45) is 0 Å². The van der Waals surface area contributed by atoms with Crippen LogP contribution in [-0.4, -0.2) is 39.0 Å². The Hall–Kier alpha value is -0.750. The summed E-state index contributed by atoms with van der Waals surface area (Å²) in [5.74, 6) is -0.0435. The van der Waals surface area contributed by atoms with Gasteiger partial charge in [-0.2, -0.15) is 0 Å². The number of nitrogens with one attached hydrogen (secondary N) is 2. The lowest BCUT2D eigenvalue weighted by Gasteiger charge is -2.06. The molecular weight excluding hydrogens is 272 g/mol. The summed E-state index contributed by atoms with van der Waals surface area (Å²) in [5, 5.41) is 5.81. The molecule has 0 heterocycles. The van der Waals surface area contributed by atoms with E-state index in [9.17, 15) is 4.79 Å². The third-order valence-corrected chi connectivity index (χ3v) is 2.89. The molecule has 0 radical (unpaired) electrons. The van der Waals surface area contributed by atoms with Crippen LogP contribution in [0, 0.1) is 0 Å². The van der Waals surface area contributed by atoms with Crippen molar-refractivity contribution >= 4 is 35.8 Å². The summed E-state index contributed by atoms with van der Waals surface area (Å²) in [7, 11) is 1.63. The van der Waals surface area contributed by atoms with Crippen LogP contribution in [0.3, 0.4) is 0 Å². The van der Waals surface area contributed by atoms with Crippen molar-refractivity contribution in [2.45, 2.75) is 4.90 Å². The van der Waals surface area contributed by atoms with E-state index >= 15 is 0 Å². The van der Waals surface area contributed by atoms with E-state index < -0.39 is 0 Å². The summed E-state index contributed by atoms with van der Waals surface area (Å²) in [6.07, 6.45) is 2.02. The molecule has 102 valence electrons. The second-order valence-corrected chi connectivity index (χ2v) is 4.33. The van der Waals surface area contributed by atoms with Gasteiger partial charge in [0.05, 0.1) is 13.2 Å². The van der Waals surface area contributed by atoms with Gasteiger partial charge in [-0.25, -0.2) is 0 Å². The van der Waals surface area contributed by atoms with Gasteiger partial charge in [0.25, 0.3) is 0 Å². The van der Waals surface area contributed by atoms with Crippen LogP contribution in [0.15, 0.2) is 29.2 Å². The molecule has 0 saturated heterocycles. The highest BCUT2D eigenvalue weighted by molar-refractivity contribution is 7.98. The molecule has 18 heavy (non-hydrogen) atoms. The van der Waals surface area contributed by atoms with Gasteiger partial charge in [-0.15, -0.1) is 24.2 Å². The van der Waals surface area contributed by atoms with Crippen molar-refractivity contribution in [3.63, 3.8) is 0 Å². The van der Waals surface area contributed by atoms with E-state index in [4.69, 9.17) is 4.74 Å². The zero-order valence-corrected chi connectivity index (χ0v) is 12.2. The summed E-state index contributed by atoms with van der Waals surface area (Å²) in [6, 6.07) is 7.77. The lowest BCUT2D eigenvalue weighted by atomic mass is 10.3. The van der Waals surface area contributed by atoms with Crippen LogP contribution in [0.4, 0.5) is 5.69 Å². The van der Waals surface area contributed by atoms with Gasteiger partial charge in [0.15, 0.2) is 0 Å². The molecular formula is C12H19ClN2O2S. The van der Waals surface area contributed by atoms with Gasteiger partial charge in [0, 0.05) is 24.2 Å². The summed E-state index contributed by atoms with van der Waals surface area (Å²) in [4.78, 5) is 12.7. The highest BCUT2D eigenvalue weighted by atomic mass is 35.5. The predicted octanol–water partition coefficient (Wildman–Crippen LogP) is 2.00. The first kappa shape index (κ1) is 17.2. The largest absolute Gasteiger partial charge is 0.383 e. The van der Waals surface area contributed by atoms with Gasteiger partial charge in [-0.05, 0) is 30.5 Å². The molecule has 2 N–H and O–H groups in total. The maximum absolute atomic E-state index is 11.5. The first-order chi connectivity index (χ1) is 8.26. The molecule has 1 amide bonds. The number of ether oxygens (including phenoxy) is 1. The Morgan fingerprint density at radius 1 is 1.33 bits per heavy atom. The summed E-state index contributed by atoms with van der Waals surface area (Å²) in [6.45, 7) is 1.58. The third kappa shape index (κ3) is 6.86. The minimum Gasteiger partial charge on any atom is -0.383 e. The summed E-state index contributed by atoms with van der Waals surface area (Å²) < 4.78 is 4.87. The maximum atomic E-state index is 11.5. The average molecular weight is 291 g/mol. The molecule has 4 nitrogen and oxygen atoms in total. The highest BCUT2D eigenvalue weighted by Gasteiger charge is 2.01. The number of anilines is 1. The quantitative estimate of drug-likeness (QED) is 0.596. The van der Waals surface area contributed by atoms with Crippen molar-refractivity contribution < 1.29 is 9.53 Å². The second-order valence-electron chi connectivity index (χ2n) is 3.45. The van der Waals surface area contributed by atoms with Crippen molar-refractivity contribution in [1.82, 2.24) is 5.32 Å². The molecule has 1 rings (SSSR count). The summed E-state index contributed by atoms with van der Waals surface area (Å²) in [5.41, 5.74) is 0.821. The molecule has 0 unspecified atom stereocenters. The van der Waals surface area contributed by atoms with Crippen molar-refractivity contribution in [3.05, 3.63) is 24.3 Å². The number of amides is 1. The first-order valence-electron chi connectivity index (χ1n) is 5.40. The van der Waals surface area contributed by atoms with Crippen LogP contribution in [0.5, 0.6) is 0 Å². The standard InChI is InChI=1S/C12H18N2O2S.ClH/c1-16-8-7-13-9-12(15)14-10-3-5-11(17-2)6-4-10;/h3-6,13H,7-9H2,1-2H3,(H,14,15);1H. The van der Waals surface area contributed by atoms with Crippen LogP contribution in [0.2, 0.25) is 0 Å². The van der Waals surface area contributed by atoms with Crippen molar-refractivity contribution in [1.29, 1.82) is 0 Å². The third-order valence-electron chi connectivity index (χ3n) is 2.14. The normalized spacial score (nSPS) is 9.67. The lowest BCUT2D eigenvalue weighted by molar-refractivity contribution is -0.115. The fraction of sp³-hybridized carbons (Fsp3) is 0.417. The van der Waals surface area contributed by atoms with Crippen molar-refractivity contribution in [2.75, 3.05) is 38.4 Å². The highest BCUT2D eigenvalue weighted by Crippen LogP contribution is 2.17. The molecule has 0 fully saturated rings. The molecule has 0 aromatic heterocycles. The molecule has 0 aliphatic heterocycles. The minimum absolute atomic E-state index is 0. The Kier molecular flexibility index (Phi) is 9.77. The number of hydrogen-bond donors (Lipinski definition) is 2. The molecule has 0 atom stereocenters. The molecule has 1 aromatic rings. The topological polar surface area (TPSA) is 50.4 Å². The zero-order chi connectivity index (χ0) is 12.5. The lowest BCUT2D eigenvalue weighted by Crippen LogP contribution is -2.30. The summed E-state index contributed by atoms with van der Waals surface area (Å²) >= 11 is 1.68. The van der Waals surface area contributed by atoms with Crippen LogP contribution >= 0.6 is 24.2 Å². The van der Waals surface area contributed by atoms with Gasteiger partial charge in [-0.1, -0.05) is 0 Å². The minimum atomic E-state index is -0.0435. The van der Waals surface area contributed by atoms with E-state index in [1.165, 1.54) is 4.90 Å². The van der Waals surface area contributed by atoms with Gasteiger partial charge in [0.1, 0.15) is 0 Å². The average Bonchev–Trinajstić information content (AvgIpc) is 2.36. The molecule has 0 saturated carbocycles. The van der Waals surface area contributed by atoms with E-state index in [0.717, 1.165) is 5.69 Å². The molecule has 0 spiro atoms. The fourth-order valence-corrected chi connectivity index (χ4v) is 1.66. The van der Waals surface area contributed by atoms with Gasteiger partial charge < -0.3 is 15.4 Å². The van der Waals surface area contributed by atoms with E-state index in [1.807, 2.05) is 30.5 Å². The van der Waals surface area contributed by atoms with Crippen LogP contribution in [0.25, 0.3) is 0 Å². The SMILES string of the molecule is COCCNCC(=O)Nc1ccc(SC)cc1.Cl. The fourth-order valence-electron chi connectivity index (χ4n) is 1.26. The molecule has 0 aliphatic rings. The number of halogens is 1. The number of benzene rings is 1. The Morgan fingerprint density at radius 2 is 2.00 bits per heavy atom. The molecule has 0 aliphatic carbocycles. The van der Waals surface area contributed by atoms with E-state index in [-0.39, 0.29) is 18.3 Å².